The summed E-state index contributed by atoms with van der Waals surface area (Å²) in [5.74, 6) is -0.470. The lowest BCUT2D eigenvalue weighted by molar-refractivity contribution is -0.137. The van der Waals surface area contributed by atoms with Gasteiger partial charge in [0, 0.05) is 31.7 Å². The third kappa shape index (κ3) is 5.37. The highest BCUT2D eigenvalue weighted by atomic mass is 19.4. The molecule has 1 saturated heterocycles. The van der Waals surface area contributed by atoms with Crippen LogP contribution in [0, 0.1) is 0 Å². The number of rotatable bonds is 1. The number of ether oxygens (including phenoxy) is 1. The molecule has 1 heterocycles. The van der Waals surface area contributed by atoms with E-state index in [0.29, 0.717) is 19.5 Å². The molecule has 0 bridgehead atoms. The molecule has 26 heavy (non-hydrogen) atoms. The predicted molar refractivity (Wildman–Crippen MR) is 89.8 cm³/mol. The largest absolute Gasteiger partial charge is 0.444 e. The molecule has 0 aliphatic carbocycles. The van der Waals surface area contributed by atoms with Crippen LogP contribution in [0.5, 0.6) is 0 Å². The van der Waals surface area contributed by atoms with Crippen molar-refractivity contribution in [3.05, 3.63) is 35.4 Å². The van der Waals surface area contributed by atoms with Crippen molar-refractivity contribution in [2.75, 3.05) is 26.2 Å². The van der Waals surface area contributed by atoms with Gasteiger partial charge in [-0.3, -0.25) is 4.79 Å². The maximum Gasteiger partial charge on any atom is 0.416 e. The molecular formula is C18H23F3N2O3. The third-order valence-corrected chi connectivity index (χ3v) is 3.87. The summed E-state index contributed by atoms with van der Waals surface area (Å²) < 4.78 is 43.8. The van der Waals surface area contributed by atoms with Gasteiger partial charge in [0.05, 0.1) is 5.56 Å². The zero-order valence-electron chi connectivity index (χ0n) is 15.1. The second kappa shape index (κ2) is 7.55. The molecule has 0 saturated carbocycles. The average molecular weight is 372 g/mol. The van der Waals surface area contributed by atoms with Crippen molar-refractivity contribution in [3.63, 3.8) is 0 Å². The topological polar surface area (TPSA) is 49.9 Å². The van der Waals surface area contributed by atoms with Crippen LogP contribution in [0.1, 0.15) is 43.1 Å². The number of amides is 2. The highest BCUT2D eigenvalue weighted by Crippen LogP contribution is 2.29. The summed E-state index contributed by atoms with van der Waals surface area (Å²) in [6.07, 6.45) is -4.42. The fraction of sp³-hybridized carbons (Fsp3) is 0.556. The summed E-state index contributed by atoms with van der Waals surface area (Å²) in [4.78, 5) is 27.7. The van der Waals surface area contributed by atoms with Crippen LogP contribution in [0.15, 0.2) is 24.3 Å². The lowest BCUT2D eigenvalue weighted by Gasteiger charge is -2.26. The van der Waals surface area contributed by atoms with Gasteiger partial charge in [-0.15, -0.1) is 0 Å². The number of benzene rings is 1. The number of hydrogen-bond donors (Lipinski definition) is 0. The van der Waals surface area contributed by atoms with Gasteiger partial charge in [0.15, 0.2) is 0 Å². The van der Waals surface area contributed by atoms with Crippen molar-refractivity contribution in [2.45, 2.75) is 39.0 Å². The van der Waals surface area contributed by atoms with E-state index >= 15 is 0 Å². The standard InChI is InChI=1S/C18H23F3N2O3/c1-17(2,3)26-16(25)23-9-5-8-22(10-11-23)15(24)13-6-4-7-14(12-13)18(19,20)21/h4,6-7,12H,5,8-11H2,1-3H3. The molecule has 0 atom stereocenters. The quantitative estimate of drug-likeness (QED) is 0.754. The summed E-state index contributed by atoms with van der Waals surface area (Å²) in [5.41, 5.74) is -1.48. The van der Waals surface area contributed by atoms with E-state index in [2.05, 4.69) is 0 Å². The molecule has 2 amide bonds. The summed E-state index contributed by atoms with van der Waals surface area (Å²) in [6.45, 7) is 6.63. The molecule has 2 rings (SSSR count). The first-order valence-corrected chi connectivity index (χ1v) is 8.42. The Morgan fingerprint density at radius 2 is 1.62 bits per heavy atom. The minimum absolute atomic E-state index is 0.00876. The molecule has 144 valence electrons. The Bertz CT molecular complexity index is 668. The van der Waals surface area contributed by atoms with Gasteiger partial charge >= 0.3 is 12.3 Å². The lowest BCUT2D eigenvalue weighted by atomic mass is 10.1. The van der Waals surface area contributed by atoms with E-state index in [1.165, 1.54) is 21.9 Å². The molecule has 8 heteroatoms. The molecular weight excluding hydrogens is 349 g/mol. The Hall–Kier alpha value is -2.25. The number of alkyl halides is 3. The molecule has 1 fully saturated rings. The van der Waals surface area contributed by atoms with E-state index in [0.717, 1.165) is 12.1 Å². The number of halogens is 3. The molecule has 0 unspecified atom stereocenters. The third-order valence-electron chi connectivity index (χ3n) is 3.87. The van der Waals surface area contributed by atoms with Gasteiger partial charge in [0.25, 0.3) is 5.91 Å². The molecule has 0 N–H and O–H groups in total. The van der Waals surface area contributed by atoms with E-state index in [9.17, 15) is 22.8 Å². The van der Waals surface area contributed by atoms with Crippen LogP contribution in [0.4, 0.5) is 18.0 Å². The SMILES string of the molecule is CC(C)(C)OC(=O)N1CCCN(C(=O)c2cccc(C(F)(F)F)c2)CC1. The number of hydrogen-bond acceptors (Lipinski definition) is 3. The molecule has 1 aromatic carbocycles. The smallest absolute Gasteiger partial charge is 0.416 e. The van der Waals surface area contributed by atoms with Crippen molar-refractivity contribution in [3.8, 4) is 0 Å². The van der Waals surface area contributed by atoms with E-state index < -0.39 is 29.3 Å². The molecule has 0 aromatic heterocycles. The molecule has 1 aromatic rings. The number of nitrogens with zero attached hydrogens (tertiary/aromatic N) is 2. The fourth-order valence-corrected chi connectivity index (χ4v) is 2.64. The molecule has 0 spiro atoms. The summed E-state index contributed by atoms with van der Waals surface area (Å²) in [7, 11) is 0. The molecule has 1 aliphatic heterocycles. The van der Waals surface area contributed by atoms with E-state index in [-0.39, 0.29) is 18.7 Å². The first kappa shape index (κ1) is 20.1. The average Bonchev–Trinajstić information content (AvgIpc) is 2.78. The van der Waals surface area contributed by atoms with Gasteiger partial charge in [-0.25, -0.2) is 4.79 Å². The first-order valence-electron chi connectivity index (χ1n) is 8.42. The number of carbonyl (C=O) groups is 2. The number of carbonyl (C=O) groups excluding carboxylic acids is 2. The van der Waals surface area contributed by atoms with Crippen molar-refractivity contribution in [1.82, 2.24) is 9.80 Å². The fourth-order valence-electron chi connectivity index (χ4n) is 2.64. The summed E-state index contributed by atoms with van der Waals surface area (Å²) in [6, 6.07) is 4.39. The van der Waals surface area contributed by atoms with E-state index in [4.69, 9.17) is 4.74 Å². The van der Waals surface area contributed by atoms with Crippen molar-refractivity contribution in [2.24, 2.45) is 0 Å². The van der Waals surface area contributed by atoms with Crippen LogP contribution in [0.25, 0.3) is 0 Å². The summed E-state index contributed by atoms with van der Waals surface area (Å²) in [5, 5.41) is 0. The molecule has 1 aliphatic rings. The van der Waals surface area contributed by atoms with Crippen LogP contribution in [-0.4, -0.2) is 53.6 Å². The maximum atomic E-state index is 12.8. The van der Waals surface area contributed by atoms with Gasteiger partial charge in [-0.05, 0) is 45.4 Å². The van der Waals surface area contributed by atoms with Gasteiger partial charge in [-0.2, -0.15) is 13.2 Å². The summed E-state index contributed by atoms with van der Waals surface area (Å²) >= 11 is 0. The minimum atomic E-state index is -4.50. The monoisotopic (exact) mass is 372 g/mol. The Morgan fingerprint density at radius 3 is 2.23 bits per heavy atom. The second-order valence-corrected chi connectivity index (χ2v) is 7.19. The van der Waals surface area contributed by atoms with Crippen molar-refractivity contribution >= 4 is 12.0 Å². The van der Waals surface area contributed by atoms with Crippen LogP contribution in [0.3, 0.4) is 0 Å². The Labute approximate surface area is 150 Å². The predicted octanol–water partition coefficient (Wildman–Crippen LogP) is 3.79. The van der Waals surface area contributed by atoms with Crippen LogP contribution < -0.4 is 0 Å². The van der Waals surface area contributed by atoms with E-state index in [1.54, 1.807) is 20.8 Å². The van der Waals surface area contributed by atoms with Crippen LogP contribution >= 0.6 is 0 Å². The Morgan fingerprint density at radius 1 is 1.00 bits per heavy atom. The second-order valence-electron chi connectivity index (χ2n) is 7.19. The van der Waals surface area contributed by atoms with Gasteiger partial charge in [-0.1, -0.05) is 6.07 Å². The zero-order chi connectivity index (χ0) is 19.5. The minimum Gasteiger partial charge on any atom is -0.444 e. The maximum absolute atomic E-state index is 12.8. The van der Waals surface area contributed by atoms with Gasteiger partial charge in [0.1, 0.15) is 5.60 Å². The first-order chi connectivity index (χ1) is 12.0. The Kier molecular flexibility index (Phi) is 5.83. The highest BCUT2D eigenvalue weighted by molar-refractivity contribution is 5.94. The van der Waals surface area contributed by atoms with Crippen molar-refractivity contribution < 1.29 is 27.5 Å². The lowest BCUT2D eigenvalue weighted by Crippen LogP contribution is -2.40. The highest BCUT2D eigenvalue weighted by Gasteiger charge is 2.32. The van der Waals surface area contributed by atoms with Crippen molar-refractivity contribution in [1.29, 1.82) is 0 Å². The van der Waals surface area contributed by atoms with Gasteiger partial charge < -0.3 is 14.5 Å². The normalized spacial score (nSPS) is 16.2. The molecule has 5 nitrogen and oxygen atoms in total. The van der Waals surface area contributed by atoms with Gasteiger partial charge in [0.2, 0.25) is 0 Å². The Balaban J connectivity index is 2.05. The molecule has 0 radical (unpaired) electrons. The van der Waals surface area contributed by atoms with Crippen LogP contribution in [-0.2, 0) is 10.9 Å². The van der Waals surface area contributed by atoms with Crippen LogP contribution in [0.2, 0.25) is 0 Å². The van der Waals surface area contributed by atoms with E-state index in [1.807, 2.05) is 0 Å². The zero-order valence-corrected chi connectivity index (χ0v) is 15.1.